The highest BCUT2D eigenvalue weighted by Gasteiger charge is 2.73. The zero-order valence-corrected chi connectivity index (χ0v) is 57.5. The molecule has 5 aliphatic rings. The number of likely N-dealkylation sites (tertiary alicyclic amines) is 1. The second-order valence-electron chi connectivity index (χ2n) is 28.0. The molecule has 1 spiro atoms. The van der Waals surface area contributed by atoms with Gasteiger partial charge >= 0.3 is 12.2 Å². The first-order valence-corrected chi connectivity index (χ1v) is 35.2. The number of nitrogens with zero attached hydrogens (tertiary/aromatic N) is 2. The van der Waals surface area contributed by atoms with Crippen LogP contribution in [0.3, 0.4) is 0 Å². The number of alkyl carbamates (subject to hydrolysis) is 1. The maximum absolute atomic E-state index is 14.4. The van der Waals surface area contributed by atoms with Crippen molar-refractivity contribution < 1.29 is 62.5 Å². The van der Waals surface area contributed by atoms with Gasteiger partial charge in [-0.25, -0.2) is 9.59 Å². The van der Waals surface area contributed by atoms with E-state index in [1.54, 1.807) is 33.8 Å². The molecule has 2 bridgehead atoms. The summed E-state index contributed by atoms with van der Waals surface area (Å²) in [5.74, 6) is -3.46. The Kier molecular flexibility index (Phi) is 22.8. The van der Waals surface area contributed by atoms with E-state index in [2.05, 4.69) is 31.5 Å². The number of ether oxygens (including phenoxy) is 3. The third-order valence-corrected chi connectivity index (χ3v) is 21.4. The SMILES string of the molecule is CC(=O)NC(CSC(c1ccccc1)(c1ccccc1)c1ccccc1)C(=O)CC(C)C(=O)NC(C)C(=O)CC(CCCCNC(=O)C(Cc1ccccc1)NC(=O)OC(C)(C)C)C(=O)NCCN(C)C(=O)Oc1ccc2c3c1OC1C(=O)CCC4(O)C(C2)N(CC2CC2)CCC314. The van der Waals surface area contributed by atoms with Gasteiger partial charge in [0.2, 0.25) is 23.6 Å². The minimum absolute atomic E-state index is 0.0122. The van der Waals surface area contributed by atoms with Gasteiger partial charge in [-0.3, -0.25) is 38.5 Å². The van der Waals surface area contributed by atoms with Crippen molar-refractivity contribution in [3.05, 3.63) is 167 Å². The number of amides is 6. The van der Waals surface area contributed by atoms with Crippen molar-refractivity contribution in [2.75, 3.05) is 45.5 Å². The molecule has 97 heavy (non-hydrogen) atoms. The fraction of sp³-hybridized carbons (Fsp3) is 0.487. The smallest absolute Gasteiger partial charge is 0.415 e. The molecule has 21 heteroatoms. The number of nitrogens with one attached hydrogen (secondary N) is 5. The number of Topliss-reactive ketones (excluding diaryl/α,β-unsaturated/α-hetero) is 3. The lowest BCUT2D eigenvalue weighted by molar-refractivity contribution is -0.188. The summed E-state index contributed by atoms with van der Waals surface area (Å²) in [7, 11) is 1.52. The highest BCUT2D eigenvalue weighted by atomic mass is 32.2. The first-order valence-electron chi connectivity index (χ1n) is 34.2. The van der Waals surface area contributed by atoms with Gasteiger partial charge in [0.15, 0.2) is 35.0 Å². The largest absolute Gasteiger partial charge is 0.477 e. The van der Waals surface area contributed by atoms with E-state index < -0.39 is 99.0 Å². The highest BCUT2D eigenvalue weighted by molar-refractivity contribution is 8.00. The predicted molar refractivity (Wildman–Crippen MR) is 369 cm³/mol. The molecule has 0 radical (unpaired) electrons. The molecule has 2 saturated carbocycles. The van der Waals surface area contributed by atoms with Gasteiger partial charge in [-0.05, 0) is 119 Å². The summed E-state index contributed by atoms with van der Waals surface area (Å²) in [5.41, 5.74) is 2.50. The Bertz CT molecular complexity index is 3570. The molecule has 3 fully saturated rings. The van der Waals surface area contributed by atoms with Gasteiger partial charge in [0.25, 0.3) is 0 Å². The number of piperidine rings is 1. The van der Waals surface area contributed by atoms with E-state index in [0.717, 1.165) is 46.5 Å². The number of aliphatic hydroxyl groups is 1. The lowest BCUT2D eigenvalue weighted by Crippen LogP contribution is -2.76. The maximum Gasteiger partial charge on any atom is 0.415 e. The lowest BCUT2D eigenvalue weighted by atomic mass is 9.49. The predicted octanol–water partition coefficient (Wildman–Crippen LogP) is 8.69. The molecule has 516 valence electrons. The Morgan fingerprint density at radius 2 is 1.35 bits per heavy atom. The van der Waals surface area contributed by atoms with Crippen molar-refractivity contribution in [1.82, 2.24) is 36.4 Å². The number of hydrogen-bond acceptors (Lipinski definition) is 15. The lowest BCUT2D eigenvalue weighted by Gasteiger charge is -2.62. The molecule has 10 rings (SSSR count). The summed E-state index contributed by atoms with van der Waals surface area (Å²) in [5, 5.41) is 26.9. The fourth-order valence-electron chi connectivity index (χ4n) is 14.6. The molecular formula is C76H93N7O13S. The van der Waals surface area contributed by atoms with Crippen molar-refractivity contribution in [1.29, 1.82) is 0 Å². The molecule has 1 saturated heterocycles. The van der Waals surface area contributed by atoms with Crippen molar-refractivity contribution in [2.24, 2.45) is 17.8 Å². The topological polar surface area (TPSA) is 268 Å². The Balaban J connectivity index is 0.779. The Morgan fingerprint density at radius 1 is 0.732 bits per heavy atom. The number of carbonyl (C=O) groups is 9. The molecule has 3 aliphatic carbocycles. The number of hydrogen-bond donors (Lipinski definition) is 6. The molecule has 5 aromatic carbocycles. The summed E-state index contributed by atoms with van der Waals surface area (Å²) in [6.45, 7) is 11.4. The van der Waals surface area contributed by atoms with E-state index in [1.807, 2.05) is 127 Å². The minimum Gasteiger partial charge on any atom is -0.477 e. The summed E-state index contributed by atoms with van der Waals surface area (Å²) in [6.07, 6.45) is 2.19. The van der Waals surface area contributed by atoms with E-state index in [1.165, 1.54) is 50.4 Å². The number of rotatable bonds is 31. The molecule has 9 atom stereocenters. The summed E-state index contributed by atoms with van der Waals surface area (Å²) >= 11 is 1.51. The number of unbranched alkanes of at least 4 members (excludes halogenated alkanes) is 1. The summed E-state index contributed by atoms with van der Waals surface area (Å²) in [4.78, 5) is 128. The average molecular weight is 1340 g/mol. The van der Waals surface area contributed by atoms with Crippen molar-refractivity contribution in [3.8, 4) is 11.5 Å². The van der Waals surface area contributed by atoms with Gasteiger partial charge in [0.05, 0.1) is 27.8 Å². The first-order chi connectivity index (χ1) is 46.4. The van der Waals surface area contributed by atoms with Crippen molar-refractivity contribution in [3.63, 3.8) is 0 Å². The zero-order chi connectivity index (χ0) is 69.2. The number of carbonyl (C=O) groups excluding carboxylic acids is 9. The standard InChI is InChI=1S/C76H93N7O13S/c1-48(42-62(87)59(80-50(3)84)47-97-76(55-25-14-9-15-26-55,56-27-16-10-17-28-56)57-29-18-11-19-30-57)68(88)79-49(2)61(86)44-54(24-20-21-38-77-70(90)58(43-51-22-12-8-13-23-51)81-71(91)96-73(4,5)6)69(89)78-39-41-82(7)72(92)94-63-34-33-53-45-64-75(93)36-35-60(85)67-74(75,65(53)66(63)95-67)37-40-83(64)46-52-31-32-52/h8-19,22-23,25-30,33-34,48-49,52,54,58-59,64,67,93H,20-21,24,31-32,35-47H2,1-7H3,(H,77,90)(H,78,89)(H,79,88)(H,80,84)(H,81,91). The highest BCUT2D eigenvalue weighted by Crippen LogP contribution is 2.65. The van der Waals surface area contributed by atoms with E-state index in [-0.39, 0.29) is 80.8 Å². The molecule has 6 N–H and O–H groups in total. The number of likely N-dealkylation sites (N-methyl/N-ethyl adjacent to an activating group) is 1. The average Bonchev–Trinajstić information content (AvgIpc) is 1.55. The molecule has 0 aromatic heterocycles. The van der Waals surface area contributed by atoms with E-state index in [9.17, 15) is 48.3 Å². The van der Waals surface area contributed by atoms with Crippen LogP contribution in [0.2, 0.25) is 0 Å². The Hall–Kier alpha value is -8.40. The number of thioether (sulfide) groups is 1. The van der Waals surface area contributed by atoms with Gasteiger partial charge in [0, 0.05) is 95.0 Å². The molecule has 9 unspecified atom stereocenters. The monoisotopic (exact) mass is 1340 g/mol. The molecule has 2 aliphatic heterocycles. The van der Waals surface area contributed by atoms with Crippen LogP contribution in [0.15, 0.2) is 133 Å². The van der Waals surface area contributed by atoms with Crippen LogP contribution in [0, 0.1) is 17.8 Å². The van der Waals surface area contributed by atoms with E-state index in [0.29, 0.717) is 43.8 Å². The van der Waals surface area contributed by atoms with E-state index in [4.69, 9.17) is 14.2 Å². The zero-order valence-electron chi connectivity index (χ0n) is 56.7. The maximum atomic E-state index is 14.4. The second kappa shape index (κ2) is 31.0. The van der Waals surface area contributed by atoms with Crippen LogP contribution >= 0.6 is 11.8 Å². The quantitative estimate of drug-likeness (QED) is 0.0179. The van der Waals surface area contributed by atoms with Gasteiger partial charge in [-0.15, -0.1) is 11.8 Å². The fourth-order valence-corrected chi connectivity index (χ4v) is 16.2. The third kappa shape index (κ3) is 16.4. The van der Waals surface area contributed by atoms with Crippen LogP contribution in [0.25, 0.3) is 0 Å². The number of benzene rings is 5. The molecule has 20 nitrogen and oxygen atoms in total. The van der Waals surface area contributed by atoms with Crippen molar-refractivity contribution in [2.45, 2.75) is 170 Å². The third-order valence-electron chi connectivity index (χ3n) is 19.8. The van der Waals surface area contributed by atoms with Crippen LogP contribution in [-0.2, 0) is 61.3 Å². The van der Waals surface area contributed by atoms with Crippen molar-refractivity contribution >= 4 is 64.9 Å². The van der Waals surface area contributed by atoms with Gasteiger partial charge in [-0.1, -0.05) is 141 Å². The number of ketones is 3. The van der Waals surface area contributed by atoms with Crippen LogP contribution in [0.5, 0.6) is 11.5 Å². The molecule has 2 heterocycles. The molecular weight excluding hydrogens is 1250 g/mol. The van der Waals surface area contributed by atoms with Crippen LogP contribution in [0.4, 0.5) is 9.59 Å². The van der Waals surface area contributed by atoms with E-state index >= 15 is 0 Å². The Morgan fingerprint density at radius 3 is 1.96 bits per heavy atom. The van der Waals surface area contributed by atoms with Gasteiger partial charge in [0.1, 0.15) is 11.6 Å². The second-order valence-corrected chi connectivity index (χ2v) is 29.2. The van der Waals surface area contributed by atoms with Crippen LogP contribution in [-0.4, -0.2) is 155 Å². The summed E-state index contributed by atoms with van der Waals surface area (Å²) in [6, 6.07) is 39.5. The van der Waals surface area contributed by atoms with Gasteiger partial charge in [-0.2, -0.15) is 0 Å². The Labute approximate surface area is 572 Å². The van der Waals surface area contributed by atoms with Gasteiger partial charge < -0.3 is 50.8 Å². The van der Waals surface area contributed by atoms with Crippen LogP contribution in [0.1, 0.15) is 139 Å². The molecule has 5 aromatic rings. The normalized spacial score (nSPS) is 20.8. The molecule has 6 amide bonds. The minimum atomic E-state index is -1.19. The first kappa shape index (κ1) is 71.4. The van der Waals surface area contributed by atoms with Crippen LogP contribution < -0.4 is 36.1 Å². The summed E-state index contributed by atoms with van der Waals surface area (Å²) < 4.78 is 17.2.